The zero-order chi connectivity index (χ0) is 29.3. The van der Waals surface area contributed by atoms with Gasteiger partial charge in [0, 0.05) is 6.54 Å². The van der Waals surface area contributed by atoms with Gasteiger partial charge in [-0.3, -0.25) is 14.4 Å². The normalized spacial score (nSPS) is 11.4. The monoisotopic (exact) mass is 523 g/mol. The van der Waals surface area contributed by atoms with Crippen LogP contribution in [-0.4, -0.2) is 57.2 Å². The summed E-state index contributed by atoms with van der Waals surface area (Å²) in [7, 11) is 5.33. The molecule has 0 saturated heterocycles. The average molecular weight is 524 g/mol. The molecule has 37 heavy (non-hydrogen) atoms. The highest BCUT2D eigenvalue weighted by atomic mass is 16.5. The number of likely N-dealkylation sites (N-methyl/N-ethyl adjacent to an activating group) is 1. The average Bonchev–Trinajstić information content (AvgIpc) is 2.87. The Kier molecular flexibility index (Phi) is 17.8. The van der Waals surface area contributed by atoms with Crippen molar-refractivity contribution in [1.82, 2.24) is 4.90 Å². The molecule has 214 valence electrons. The van der Waals surface area contributed by atoms with Gasteiger partial charge in [-0.15, -0.1) is 0 Å². The molecular weight excluding hydrogens is 470 g/mol. The van der Waals surface area contributed by atoms with E-state index in [-0.39, 0.29) is 34.2 Å². The molecule has 0 bridgehead atoms. The maximum Gasteiger partial charge on any atom is 0.311 e. The molecule has 1 rings (SSSR count). The molecule has 0 N–H and O–H groups in total. The number of ether oxygens (including phenoxy) is 3. The molecule has 0 amide bonds. The summed E-state index contributed by atoms with van der Waals surface area (Å²) in [4.78, 5) is 35.9. The van der Waals surface area contributed by atoms with E-state index in [9.17, 15) is 14.4 Å². The fourth-order valence-corrected chi connectivity index (χ4v) is 2.14. The van der Waals surface area contributed by atoms with E-state index in [1.54, 1.807) is 0 Å². The highest BCUT2D eigenvalue weighted by Gasteiger charge is 2.28. The van der Waals surface area contributed by atoms with Gasteiger partial charge in [0.1, 0.15) is 13.2 Å². The third kappa shape index (κ3) is 16.1. The van der Waals surface area contributed by atoms with Gasteiger partial charge >= 0.3 is 17.9 Å². The van der Waals surface area contributed by atoms with E-state index < -0.39 is 0 Å². The van der Waals surface area contributed by atoms with Crippen LogP contribution in [0.2, 0.25) is 0 Å². The van der Waals surface area contributed by atoms with E-state index in [1.807, 2.05) is 112 Å². The van der Waals surface area contributed by atoms with Crippen molar-refractivity contribution in [3.05, 3.63) is 35.9 Å². The number of nitrogens with zero attached hydrogens (tertiary/aromatic N) is 1. The van der Waals surface area contributed by atoms with Gasteiger partial charge in [-0.05, 0) is 80.5 Å². The molecule has 0 aliphatic rings. The number of hydrogen-bond acceptors (Lipinski definition) is 7. The number of carbonyl (C=O) groups excluding carboxylic acids is 3. The van der Waals surface area contributed by atoms with Crippen molar-refractivity contribution in [2.24, 2.45) is 16.2 Å². The Balaban J connectivity index is 0. The fraction of sp³-hybridized carbons (Fsp3) is 0.700. The summed E-state index contributed by atoms with van der Waals surface area (Å²) < 4.78 is 14.9. The number of methoxy groups -OCH3 is 1. The highest BCUT2D eigenvalue weighted by Crippen LogP contribution is 2.23. The molecular formula is C30H53NO6. The van der Waals surface area contributed by atoms with Gasteiger partial charge in [-0.2, -0.15) is 0 Å². The minimum Gasteiger partial charge on any atom is -0.469 e. The molecule has 1 aromatic rings. The molecule has 0 aliphatic carbocycles. The van der Waals surface area contributed by atoms with E-state index in [0.29, 0.717) is 13.2 Å². The summed E-state index contributed by atoms with van der Waals surface area (Å²) in [5.74, 6) is -0.365. The molecule has 0 unspecified atom stereocenters. The molecule has 7 nitrogen and oxygen atoms in total. The zero-order valence-corrected chi connectivity index (χ0v) is 25.5. The summed E-state index contributed by atoms with van der Waals surface area (Å²) in [6.07, 6.45) is 2.42. The van der Waals surface area contributed by atoms with Crippen LogP contribution in [0.3, 0.4) is 0 Å². The van der Waals surface area contributed by atoms with Gasteiger partial charge in [-0.1, -0.05) is 51.1 Å². The van der Waals surface area contributed by atoms with Crippen LogP contribution in [0, 0.1) is 16.2 Å². The quantitative estimate of drug-likeness (QED) is 0.249. The summed E-state index contributed by atoms with van der Waals surface area (Å²) >= 11 is 0. The highest BCUT2D eigenvalue weighted by molar-refractivity contribution is 5.76. The topological polar surface area (TPSA) is 82.1 Å². The third-order valence-corrected chi connectivity index (χ3v) is 6.48. The smallest absolute Gasteiger partial charge is 0.311 e. The van der Waals surface area contributed by atoms with Crippen LogP contribution in [0.1, 0.15) is 87.1 Å². The predicted octanol–water partition coefficient (Wildman–Crippen LogP) is 6.29. The van der Waals surface area contributed by atoms with Gasteiger partial charge in [-0.25, -0.2) is 0 Å². The van der Waals surface area contributed by atoms with Crippen molar-refractivity contribution in [3.8, 4) is 0 Å². The van der Waals surface area contributed by atoms with Gasteiger partial charge in [0.25, 0.3) is 0 Å². The second kappa shape index (κ2) is 17.9. The van der Waals surface area contributed by atoms with Crippen molar-refractivity contribution < 1.29 is 28.6 Å². The second-order valence-electron chi connectivity index (χ2n) is 11.2. The summed E-state index contributed by atoms with van der Waals surface area (Å²) in [5.41, 5.74) is -0.00620. The lowest BCUT2D eigenvalue weighted by molar-refractivity contribution is -0.155. The van der Waals surface area contributed by atoms with Gasteiger partial charge in [0.05, 0.1) is 23.4 Å². The molecule has 0 radical (unpaired) electrons. The SMILES string of the molecule is CCC(C)(C)C(=O)OC.CCC(C)(C)C(=O)OCCN(C)C.CCC(C)(C)C(=O)OCc1ccccc1. The maximum atomic E-state index is 11.6. The Morgan fingerprint density at radius 2 is 1.11 bits per heavy atom. The summed E-state index contributed by atoms with van der Waals surface area (Å²) in [5, 5.41) is 0. The number of carbonyl (C=O) groups is 3. The second-order valence-corrected chi connectivity index (χ2v) is 11.2. The molecule has 0 aliphatic heterocycles. The van der Waals surface area contributed by atoms with E-state index in [1.165, 1.54) is 7.11 Å². The molecule has 0 saturated carbocycles. The van der Waals surface area contributed by atoms with E-state index in [0.717, 1.165) is 31.4 Å². The Hall–Kier alpha value is -2.41. The lowest BCUT2D eigenvalue weighted by Gasteiger charge is -2.20. The minimum absolute atomic E-state index is 0.100. The first kappa shape index (κ1) is 36.7. The first-order valence-corrected chi connectivity index (χ1v) is 13.1. The van der Waals surface area contributed by atoms with Gasteiger partial charge < -0.3 is 19.1 Å². The number of rotatable bonds is 11. The van der Waals surface area contributed by atoms with Crippen molar-refractivity contribution in [3.63, 3.8) is 0 Å². The zero-order valence-electron chi connectivity index (χ0n) is 25.5. The number of hydrogen-bond donors (Lipinski definition) is 0. The van der Waals surface area contributed by atoms with Crippen LogP contribution < -0.4 is 0 Å². The largest absolute Gasteiger partial charge is 0.469 e. The van der Waals surface area contributed by atoms with Crippen LogP contribution >= 0.6 is 0 Å². The van der Waals surface area contributed by atoms with Crippen LogP contribution in [0.4, 0.5) is 0 Å². The van der Waals surface area contributed by atoms with E-state index in [4.69, 9.17) is 9.47 Å². The van der Waals surface area contributed by atoms with Crippen molar-refractivity contribution in [1.29, 1.82) is 0 Å². The van der Waals surface area contributed by atoms with Crippen molar-refractivity contribution >= 4 is 17.9 Å². The Bertz CT molecular complexity index is 785. The summed E-state index contributed by atoms with van der Waals surface area (Å²) in [6, 6.07) is 9.72. The van der Waals surface area contributed by atoms with E-state index >= 15 is 0 Å². The lowest BCUT2D eigenvalue weighted by Crippen LogP contribution is -2.28. The lowest BCUT2D eigenvalue weighted by atomic mass is 9.91. The third-order valence-electron chi connectivity index (χ3n) is 6.48. The number of benzene rings is 1. The van der Waals surface area contributed by atoms with Crippen LogP contribution in [0.15, 0.2) is 30.3 Å². The van der Waals surface area contributed by atoms with Crippen LogP contribution in [0.25, 0.3) is 0 Å². The standard InChI is InChI=1S/C13H18O2.C10H21NO2.C7H14O2/c1-4-13(2,3)12(14)15-10-11-8-6-5-7-9-11;1-6-10(2,3)9(12)13-8-7-11(4)5;1-5-7(2,3)6(8)9-4/h5-9H,4,10H2,1-3H3;6-8H2,1-5H3;5H2,1-4H3. The molecule has 0 fully saturated rings. The predicted molar refractivity (Wildman–Crippen MR) is 150 cm³/mol. The number of esters is 3. The van der Waals surface area contributed by atoms with Crippen LogP contribution in [-0.2, 0) is 35.2 Å². The minimum atomic E-state index is -0.380. The first-order valence-electron chi connectivity index (χ1n) is 13.1. The maximum absolute atomic E-state index is 11.6. The fourth-order valence-electron chi connectivity index (χ4n) is 2.14. The Morgan fingerprint density at radius 3 is 1.46 bits per heavy atom. The summed E-state index contributed by atoms with van der Waals surface area (Å²) in [6.45, 7) is 19.0. The molecule has 0 spiro atoms. The van der Waals surface area contributed by atoms with Crippen LogP contribution in [0.5, 0.6) is 0 Å². The molecule has 1 aromatic carbocycles. The molecule has 0 heterocycles. The van der Waals surface area contributed by atoms with Crippen molar-refractivity contribution in [2.75, 3.05) is 34.4 Å². The first-order chi connectivity index (χ1) is 17.0. The van der Waals surface area contributed by atoms with E-state index in [2.05, 4.69) is 4.74 Å². The molecule has 0 atom stereocenters. The molecule has 7 heteroatoms. The van der Waals surface area contributed by atoms with Crippen molar-refractivity contribution in [2.45, 2.75) is 88.2 Å². The molecule has 0 aromatic heterocycles. The van der Waals surface area contributed by atoms with Gasteiger partial charge in [0.15, 0.2) is 0 Å². The Labute approximate surface area is 226 Å². The Morgan fingerprint density at radius 1 is 0.703 bits per heavy atom. The van der Waals surface area contributed by atoms with Gasteiger partial charge in [0.2, 0.25) is 0 Å².